The Hall–Kier alpha value is -0.950. The molecule has 1 N–H and O–H groups in total. The van der Waals surface area contributed by atoms with Gasteiger partial charge in [0, 0.05) is 12.8 Å². The van der Waals surface area contributed by atoms with Gasteiger partial charge < -0.3 is 0 Å². The van der Waals surface area contributed by atoms with Gasteiger partial charge in [-0.1, -0.05) is 0 Å². The number of hydrogen-bond donors (Lipinski definition) is 1. The summed E-state index contributed by atoms with van der Waals surface area (Å²) in [5.74, 6) is -1.75. The molecular formula is C4H6NO5S+. The molecular weight excluding hydrogens is 174 g/mol. The van der Waals surface area contributed by atoms with Gasteiger partial charge in [0.1, 0.15) is 0 Å². The van der Waals surface area contributed by atoms with Crippen molar-refractivity contribution in [3.63, 3.8) is 0 Å². The maximum Gasteiger partial charge on any atom is 1.00 e. The second kappa shape index (κ2) is 2.28. The van der Waals surface area contributed by atoms with Crippen molar-refractivity contribution < 1.29 is 24.0 Å². The number of imide groups is 1. The second-order valence-corrected chi connectivity index (χ2v) is 3.29. The fourth-order valence-electron chi connectivity index (χ4n) is 0.813. The maximum absolute atomic E-state index is 10.6. The summed E-state index contributed by atoms with van der Waals surface area (Å²) in [4.78, 5) is 21.2. The fraction of sp³-hybridized carbons (Fsp3) is 0.500. The van der Waals surface area contributed by atoms with E-state index in [4.69, 9.17) is 4.55 Å². The highest BCUT2D eigenvalue weighted by atomic mass is 32.2. The van der Waals surface area contributed by atoms with Crippen LogP contribution in [0.5, 0.6) is 0 Å². The van der Waals surface area contributed by atoms with Crippen molar-refractivity contribution in [3.8, 4) is 0 Å². The van der Waals surface area contributed by atoms with E-state index < -0.39 is 22.1 Å². The standard InChI is InChI=1S/C4H5NO5S/c6-3-1-2-4(7)5(3)11(8,9)10/h1-2H2,(H,8,9,10)/p+1. The molecule has 0 radical (unpaired) electrons. The number of nitrogens with zero attached hydrogens (tertiary/aromatic N) is 1. The van der Waals surface area contributed by atoms with Crippen LogP contribution in [0.2, 0.25) is 0 Å². The highest BCUT2D eigenvalue weighted by molar-refractivity contribution is 7.84. The lowest BCUT2D eigenvalue weighted by molar-refractivity contribution is -0.132. The predicted molar refractivity (Wildman–Crippen MR) is 33.7 cm³/mol. The highest BCUT2D eigenvalue weighted by Crippen LogP contribution is 2.14. The molecule has 0 spiro atoms. The van der Waals surface area contributed by atoms with Gasteiger partial charge in [-0.3, -0.25) is 14.1 Å². The average Bonchev–Trinajstić information content (AvgIpc) is 2.08. The third kappa shape index (κ3) is 1.38. The zero-order chi connectivity index (χ0) is 8.65. The van der Waals surface area contributed by atoms with Crippen LogP contribution in [0.4, 0.5) is 0 Å². The topological polar surface area (TPSA) is 91.8 Å². The first-order chi connectivity index (χ1) is 4.93. The summed E-state index contributed by atoms with van der Waals surface area (Å²) in [6.07, 6.45) is -0.308. The Kier molecular flexibility index (Phi) is 1.69. The number of rotatable bonds is 1. The van der Waals surface area contributed by atoms with E-state index in [2.05, 4.69) is 0 Å². The molecule has 1 aliphatic rings. The van der Waals surface area contributed by atoms with Crippen LogP contribution in [0.25, 0.3) is 0 Å². The Morgan fingerprint density at radius 2 is 1.64 bits per heavy atom. The van der Waals surface area contributed by atoms with Crippen LogP contribution in [-0.2, 0) is 19.9 Å². The van der Waals surface area contributed by atoms with Crippen molar-refractivity contribution in [1.29, 1.82) is 0 Å². The van der Waals surface area contributed by atoms with Crippen LogP contribution in [0.3, 0.4) is 0 Å². The van der Waals surface area contributed by atoms with Crippen LogP contribution in [-0.4, -0.2) is 29.1 Å². The van der Waals surface area contributed by atoms with Crippen molar-refractivity contribution in [2.75, 3.05) is 0 Å². The van der Waals surface area contributed by atoms with Crippen molar-refractivity contribution in [3.05, 3.63) is 0 Å². The van der Waals surface area contributed by atoms with Gasteiger partial charge in [0.25, 0.3) is 0 Å². The van der Waals surface area contributed by atoms with E-state index in [1.807, 2.05) is 0 Å². The van der Waals surface area contributed by atoms with Crippen molar-refractivity contribution >= 4 is 22.1 Å². The molecule has 0 aromatic carbocycles. The van der Waals surface area contributed by atoms with Gasteiger partial charge in [0.05, 0.1) is 0 Å². The van der Waals surface area contributed by atoms with Crippen molar-refractivity contribution in [2.24, 2.45) is 0 Å². The Morgan fingerprint density at radius 1 is 1.27 bits per heavy atom. The molecule has 1 aliphatic heterocycles. The highest BCUT2D eigenvalue weighted by Gasteiger charge is 2.37. The molecule has 2 amide bonds. The normalized spacial score (nSPS) is 19.5. The molecule has 1 heterocycles. The lowest BCUT2D eigenvalue weighted by Crippen LogP contribution is -2.34. The van der Waals surface area contributed by atoms with Crippen LogP contribution < -0.4 is 0 Å². The summed E-state index contributed by atoms with van der Waals surface area (Å²) in [7, 11) is -4.67. The lowest BCUT2D eigenvalue weighted by atomic mass is 10.4. The Balaban J connectivity index is 0.00000121. The minimum absolute atomic E-state index is 0. The van der Waals surface area contributed by atoms with Gasteiger partial charge in [0.15, 0.2) is 0 Å². The molecule has 0 unspecified atom stereocenters. The molecule has 0 aliphatic carbocycles. The summed E-state index contributed by atoms with van der Waals surface area (Å²) in [6.45, 7) is 0. The Morgan fingerprint density at radius 3 is 1.82 bits per heavy atom. The molecule has 0 bridgehead atoms. The van der Waals surface area contributed by atoms with E-state index >= 15 is 0 Å². The number of carbonyl (C=O) groups excluding carboxylic acids is 2. The maximum atomic E-state index is 10.6. The van der Waals surface area contributed by atoms with E-state index in [0.717, 1.165) is 0 Å². The van der Waals surface area contributed by atoms with Gasteiger partial charge in [-0.25, -0.2) is 0 Å². The molecule has 7 heteroatoms. The smallest absolute Gasteiger partial charge is 0.273 e. The first-order valence-electron chi connectivity index (χ1n) is 2.76. The van der Waals surface area contributed by atoms with Gasteiger partial charge in [-0.05, 0) is 0 Å². The SMILES string of the molecule is O=C1CCC(=O)N1S(=O)(=O)O.[H+]. The van der Waals surface area contributed by atoms with E-state index in [0.29, 0.717) is 0 Å². The van der Waals surface area contributed by atoms with E-state index in [-0.39, 0.29) is 18.6 Å². The van der Waals surface area contributed by atoms with Crippen LogP contribution >= 0.6 is 0 Å². The first-order valence-corrected chi connectivity index (χ1v) is 4.16. The quantitative estimate of drug-likeness (QED) is 0.415. The Labute approximate surface area is 64.2 Å². The molecule has 1 fully saturated rings. The van der Waals surface area contributed by atoms with Crippen molar-refractivity contribution in [2.45, 2.75) is 12.8 Å². The predicted octanol–water partition coefficient (Wildman–Crippen LogP) is -0.949. The van der Waals surface area contributed by atoms with Gasteiger partial charge >= 0.3 is 11.7 Å². The van der Waals surface area contributed by atoms with E-state index in [9.17, 15) is 18.0 Å². The van der Waals surface area contributed by atoms with Gasteiger partial charge in [-0.2, -0.15) is 12.7 Å². The average molecular weight is 180 g/mol. The third-order valence-electron chi connectivity index (χ3n) is 1.24. The van der Waals surface area contributed by atoms with Gasteiger partial charge in [-0.15, -0.1) is 0 Å². The minimum atomic E-state index is -4.67. The third-order valence-corrected chi connectivity index (χ3v) is 2.11. The van der Waals surface area contributed by atoms with Crippen molar-refractivity contribution in [1.82, 2.24) is 4.31 Å². The van der Waals surface area contributed by atoms with E-state index in [1.54, 1.807) is 0 Å². The molecule has 0 aromatic rings. The molecule has 1 saturated heterocycles. The molecule has 6 nitrogen and oxygen atoms in total. The monoisotopic (exact) mass is 180 g/mol. The molecule has 11 heavy (non-hydrogen) atoms. The molecule has 0 aromatic heterocycles. The summed E-state index contributed by atoms with van der Waals surface area (Å²) in [5, 5.41) is 0. The number of hydrogen-bond acceptors (Lipinski definition) is 4. The number of amides is 2. The van der Waals surface area contributed by atoms with Crippen LogP contribution in [0.1, 0.15) is 14.3 Å². The molecule has 0 atom stereocenters. The Bertz CT molecular complexity index is 293. The number of carbonyl (C=O) groups is 2. The summed E-state index contributed by atoms with van der Waals surface area (Å²) < 4.78 is 28.8. The zero-order valence-corrected chi connectivity index (χ0v) is 6.17. The van der Waals surface area contributed by atoms with Crippen LogP contribution in [0.15, 0.2) is 0 Å². The molecule has 62 valence electrons. The summed E-state index contributed by atoms with van der Waals surface area (Å²) in [6, 6.07) is 0. The molecule has 0 saturated carbocycles. The summed E-state index contributed by atoms with van der Waals surface area (Å²) in [5.41, 5.74) is 0. The first kappa shape index (κ1) is 8.15. The minimum Gasteiger partial charge on any atom is -0.273 e. The fourth-order valence-corrected chi connectivity index (χ4v) is 1.51. The van der Waals surface area contributed by atoms with Gasteiger partial charge in [0.2, 0.25) is 11.8 Å². The van der Waals surface area contributed by atoms with Crippen LogP contribution in [0, 0.1) is 0 Å². The van der Waals surface area contributed by atoms with E-state index in [1.165, 1.54) is 0 Å². The lowest BCUT2D eigenvalue weighted by Gasteiger charge is -2.06. The molecule has 1 rings (SSSR count). The zero-order valence-electron chi connectivity index (χ0n) is 6.35. The second-order valence-electron chi connectivity index (χ2n) is 2.03. The summed E-state index contributed by atoms with van der Waals surface area (Å²) >= 11 is 0. The largest absolute Gasteiger partial charge is 1.00 e.